The number of ether oxygens (including phenoxy) is 3. The summed E-state index contributed by atoms with van der Waals surface area (Å²) in [5, 5.41) is 42.3. The minimum Gasteiger partial charge on any atom is -0.465 e. The molecule has 2 aromatic rings. The Morgan fingerprint density at radius 2 is 1.81 bits per heavy atom. The number of nitrogens with zero attached hydrogens (tertiary/aromatic N) is 5. The van der Waals surface area contributed by atoms with Crippen LogP contribution < -0.4 is 15.9 Å². The molecule has 2 rings (SSSR count). The van der Waals surface area contributed by atoms with Crippen molar-refractivity contribution in [2.45, 2.75) is 84.5 Å². The highest BCUT2D eigenvalue weighted by Gasteiger charge is 2.28. The molecule has 244 valence electrons. The fourth-order valence-corrected chi connectivity index (χ4v) is 4.51. The van der Waals surface area contributed by atoms with Crippen LogP contribution in [0.2, 0.25) is 0 Å². The van der Waals surface area contributed by atoms with Gasteiger partial charge in [-0.15, -0.1) is 5.10 Å². The molecule has 2 heterocycles. The first-order valence-corrected chi connectivity index (χ1v) is 15.9. The van der Waals surface area contributed by atoms with E-state index < -0.39 is 20.2 Å². The summed E-state index contributed by atoms with van der Waals surface area (Å²) < 4.78 is 16.9. The van der Waals surface area contributed by atoms with Crippen LogP contribution in [0.25, 0.3) is 11.2 Å². The van der Waals surface area contributed by atoms with Gasteiger partial charge in [-0.05, 0) is 39.4 Å². The van der Waals surface area contributed by atoms with Gasteiger partial charge in [-0.1, -0.05) is 38.5 Å². The lowest BCUT2D eigenvalue weighted by atomic mass is 10.2. The zero-order chi connectivity index (χ0) is 32.4. The maximum atomic E-state index is 11.7. The fraction of sp³-hybridized carbons (Fsp3) is 0.692. The van der Waals surface area contributed by atoms with Crippen LogP contribution in [0.4, 0.5) is 5.95 Å². The van der Waals surface area contributed by atoms with Crippen LogP contribution in [0.3, 0.4) is 0 Å². The van der Waals surface area contributed by atoms with E-state index >= 15 is 0 Å². The first-order chi connectivity index (χ1) is 20.4. The number of hydrogen-bond acceptors (Lipinski definition) is 15. The Hall–Kier alpha value is -2.85. The van der Waals surface area contributed by atoms with Gasteiger partial charge in [-0.3, -0.25) is 19.8 Å². The molecule has 2 aromatic heterocycles. The number of carbonyl (C=O) groups excluding carboxylic acids is 2. The van der Waals surface area contributed by atoms with E-state index in [-0.39, 0.29) is 67.0 Å². The maximum Gasteiger partial charge on any atom is 0.323 e. The van der Waals surface area contributed by atoms with Crippen molar-refractivity contribution in [3.8, 4) is 0 Å². The van der Waals surface area contributed by atoms with Crippen LogP contribution in [0.1, 0.15) is 71.7 Å². The van der Waals surface area contributed by atoms with E-state index in [0.29, 0.717) is 13.2 Å². The molecule has 0 spiro atoms. The third-order valence-electron chi connectivity index (χ3n) is 5.78. The summed E-state index contributed by atoms with van der Waals surface area (Å²) in [5.41, 5.74) is 6.39. The standard InChI is InChI=1S/C14H29N2O4P.C12H18N6O4/c1-5-7-9-19-13(17)11-15-21(4)16-12(3)14(18)20-10-8-6-2;1-3-12(21,4-5-19)22-7(2)18-10-9(16-17-18)8(6-20)14-11(13)15-10/h12,15-16H,5-11H2,1-4H3;3,7,19-21H,1,4-6H2,2H3,(H2,13,14,15)/t12-,21?;/m0./s1. The number of hydrogen-bond donors (Lipinski definition) is 6. The normalized spacial score (nSPS) is 14.6. The molecule has 0 bridgehead atoms. The van der Waals surface area contributed by atoms with Gasteiger partial charge in [0.15, 0.2) is 23.2 Å². The quantitative estimate of drug-likeness (QED) is 0.0422. The average molecular weight is 631 g/mol. The third kappa shape index (κ3) is 13.5. The van der Waals surface area contributed by atoms with Gasteiger partial charge in [-0.25, -0.2) is 4.98 Å². The first-order valence-electron chi connectivity index (χ1n) is 14.1. The number of rotatable bonds is 19. The van der Waals surface area contributed by atoms with Crippen LogP contribution >= 0.6 is 8.22 Å². The summed E-state index contributed by atoms with van der Waals surface area (Å²) in [7, 11) is -0.824. The number of aromatic nitrogens is 5. The highest BCUT2D eigenvalue weighted by molar-refractivity contribution is 7.52. The summed E-state index contributed by atoms with van der Waals surface area (Å²) in [6.07, 6.45) is 4.11. The van der Waals surface area contributed by atoms with E-state index in [1.165, 1.54) is 10.8 Å². The summed E-state index contributed by atoms with van der Waals surface area (Å²) in [5.74, 6) is -2.28. The number of aliphatic hydroxyl groups excluding tert-OH is 2. The molecule has 4 atom stereocenters. The molecule has 3 unspecified atom stereocenters. The second kappa shape index (κ2) is 20.2. The summed E-state index contributed by atoms with van der Waals surface area (Å²) >= 11 is 0. The second-order valence-corrected chi connectivity index (χ2v) is 11.2. The van der Waals surface area contributed by atoms with Crippen molar-refractivity contribution in [1.29, 1.82) is 0 Å². The number of anilines is 1. The number of nitrogen functional groups attached to an aromatic ring is 1. The van der Waals surface area contributed by atoms with Gasteiger partial charge in [0.2, 0.25) is 5.95 Å². The Balaban J connectivity index is 0.000000431. The molecule has 0 saturated heterocycles. The molecule has 0 aliphatic heterocycles. The van der Waals surface area contributed by atoms with E-state index in [0.717, 1.165) is 25.7 Å². The Morgan fingerprint density at radius 1 is 1.16 bits per heavy atom. The molecule has 0 aromatic carbocycles. The van der Waals surface area contributed by atoms with Gasteiger partial charge >= 0.3 is 11.9 Å². The highest BCUT2D eigenvalue weighted by Crippen LogP contribution is 2.24. The minimum atomic E-state index is -1.72. The van der Waals surface area contributed by atoms with Crippen LogP contribution in [-0.2, 0) is 30.4 Å². The van der Waals surface area contributed by atoms with Crippen LogP contribution in [0.5, 0.6) is 0 Å². The van der Waals surface area contributed by atoms with Gasteiger partial charge < -0.3 is 35.3 Å². The smallest absolute Gasteiger partial charge is 0.323 e. The number of nitrogens with one attached hydrogen (secondary N) is 2. The van der Waals surface area contributed by atoms with Crippen molar-refractivity contribution in [2.24, 2.45) is 0 Å². The number of carbonyl (C=O) groups is 2. The van der Waals surface area contributed by atoms with Gasteiger partial charge in [-0.2, -0.15) is 9.67 Å². The van der Waals surface area contributed by atoms with Crippen LogP contribution in [0.15, 0.2) is 12.7 Å². The van der Waals surface area contributed by atoms with Gasteiger partial charge in [0.1, 0.15) is 11.7 Å². The van der Waals surface area contributed by atoms with Crippen molar-refractivity contribution < 1.29 is 39.1 Å². The molecule has 7 N–H and O–H groups in total. The fourth-order valence-electron chi connectivity index (χ4n) is 3.37. The minimum absolute atomic E-state index is 0.0401. The van der Waals surface area contributed by atoms with Gasteiger partial charge in [0.05, 0.1) is 26.4 Å². The molecule has 16 nitrogen and oxygen atoms in total. The lowest BCUT2D eigenvalue weighted by Crippen LogP contribution is -2.36. The molecule has 0 saturated carbocycles. The van der Waals surface area contributed by atoms with Gasteiger partial charge in [0, 0.05) is 21.3 Å². The first kappa shape index (κ1) is 38.2. The Kier molecular flexibility index (Phi) is 17.9. The molecular formula is C26H47N8O8P. The van der Waals surface area contributed by atoms with Crippen molar-refractivity contribution >= 4 is 37.3 Å². The molecule has 43 heavy (non-hydrogen) atoms. The topological polar surface area (TPSA) is 229 Å². The highest BCUT2D eigenvalue weighted by atomic mass is 31.1. The van der Waals surface area contributed by atoms with E-state index in [1.807, 2.05) is 20.5 Å². The predicted molar refractivity (Wildman–Crippen MR) is 161 cm³/mol. The third-order valence-corrected chi connectivity index (χ3v) is 7.18. The summed E-state index contributed by atoms with van der Waals surface area (Å²) in [6.45, 7) is 13.3. The van der Waals surface area contributed by atoms with Crippen molar-refractivity contribution in [3.63, 3.8) is 0 Å². The Bertz CT molecular complexity index is 1140. The Labute approximate surface area is 253 Å². The maximum absolute atomic E-state index is 11.7. The van der Waals surface area contributed by atoms with Crippen molar-refractivity contribution in [1.82, 2.24) is 35.1 Å². The van der Waals surface area contributed by atoms with Gasteiger partial charge in [0.25, 0.3) is 0 Å². The monoisotopic (exact) mass is 630 g/mol. The number of esters is 2. The molecular weight excluding hydrogens is 583 g/mol. The molecule has 0 amide bonds. The van der Waals surface area contributed by atoms with Crippen molar-refractivity contribution in [2.75, 3.05) is 38.8 Å². The number of unbranched alkanes of at least 4 members (excludes halogenated alkanes) is 2. The van der Waals surface area contributed by atoms with E-state index in [1.54, 1.807) is 13.8 Å². The second-order valence-electron chi connectivity index (χ2n) is 9.47. The number of nitrogens with two attached hydrogens (primary N) is 1. The van der Waals surface area contributed by atoms with Crippen LogP contribution in [-0.4, -0.2) is 97.1 Å². The molecule has 0 aliphatic carbocycles. The van der Waals surface area contributed by atoms with Crippen molar-refractivity contribution in [3.05, 3.63) is 18.3 Å². The zero-order valence-corrected chi connectivity index (χ0v) is 26.5. The average Bonchev–Trinajstić information content (AvgIpc) is 3.40. The number of aliphatic hydroxyl groups is 3. The summed E-state index contributed by atoms with van der Waals surface area (Å²) in [6, 6.07) is -0.387. The molecule has 0 radical (unpaired) electrons. The molecule has 17 heteroatoms. The molecule has 0 fully saturated rings. The largest absolute Gasteiger partial charge is 0.465 e. The predicted octanol–water partition coefficient (Wildman–Crippen LogP) is 1.27. The summed E-state index contributed by atoms with van der Waals surface area (Å²) in [4.78, 5) is 31.0. The van der Waals surface area contributed by atoms with Crippen LogP contribution in [0, 0.1) is 0 Å². The zero-order valence-electron chi connectivity index (χ0n) is 25.7. The van der Waals surface area contributed by atoms with E-state index in [2.05, 4.69) is 37.0 Å². The Morgan fingerprint density at radius 3 is 2.40 bits per heavy atom. The van der Waals surface area contributed by atoms with E-state index in [4.69, 9.17) is 25.1 Å². The SMILES string of the molecule is C=CC(O)(CCO)OC(C)n1nnc2c(CO)nc(N)nc21.CCCCOC(=O)CNP(C)N[C@@H](C)C(=O)OCCCC. The molecule has 0 aliphatic rings. The van der Waals surface area contributed by atoms with E-state index in [9.17, 15) is 19.8 Å². The number of fused-ring (bicyclic) bond motifs is 1. The lowest BCUT2D eigenvalue weighted by molar-refractivity contribution is -0.220. The lowest BCUT2D eigenvalue weighted by Gasteiger charge is -2.27.